The maximum absolute atomic E-state index is 11.9. The van der Waals surface area contributed by atoms with Gasteiger partial charge in [0.1, 0.15) is 6.10 Å². The molecule has 0 aliphatic heterocycles. The molecule has 0 amide bonds. The van der Waals surface area contributed by atoms with E-state index in [-0.39, 0.29) is 11.9 Å². The van der Waals surface area contributed by atoms with Crippen molar-refractivity contribution in [2.24, 2.45) is 0 Å². The molecule has 0 N–H and O–H groups in total. The van der Waals surface area contributed by atoms with Gasteiger partial charge in [0.2, 0.25) is 0 Å². The van der Waals surface area contributed by atoms with Crippen molar-refractivity contribution < 1.29 is 9.53 Å². The molecule has 0 fully saturated rings. The van der Waals surface area contributed by atoms with Gasteiger partial charge in [-0.3, -0.25) is 9.78 Å². The van der Waals surface area contributed by atoms with Crippen molar-refractivity contribution in [3.63, 3.8) is 0 Å². The molecule has 3 nitrogen and oxygen atoms in total. The lowest BCUT2D eigenvalue weighted by Gasteiger charge is -2.13. The minimum atomic E-state index is -0.288. The topological polar surface area (TPSA) is 39.2 Å². The Kier molecular flexibility index (Phi) is 5.63. The molecule has 1 unspecified atom stereocenters. The van der Waals surface area contributed by atoms with Crippen molar-refractivity contribution in [3.8, 4) is 0 Å². The van der Waals surface area contributed by atoms with E-state index in [1.54, 1.807) is 12.4 Å². The third-order valence-electron chi connectivity index (χ3n) is 2.24. The summed E-state index contributed by atoms with van der Waals surface area (Å²) in [4.78, 5) is 15.9. The van der Waals surface area contributed by atoms with Crippen LogP contribution in [0.25, 0.3) is 0 Å². The zero-order valence-electron chi connectivity index (χ0n) is 9.57. The van der Waals surface area contributed by atoms with Crippen LogP contribution in [-0.2, 0) is 16.0 Å². The molecular weight excluding hydrogens is 270 g/mol. The van der Waals surface area contributed by atoms with E-state index in [1.807, 2.05) is 19.9 Å². The van der Waals surface area contributed by atoms with E-state index < -0.39 is 0 Å². The Bertz CT molecular complexity index is 355. The number of pyridine rings is 1. The highest BCUT2D eigenvalue weighted by Crippen LogP contribution is 2.12. The smallest absolute Gasteiger partial charge is 0.165 e. The summed E-state index contributed by atoms with van der Waals surface area (Å²) in [7, 11) is 0. The lowest BCUT2D eigenvalue weighted by atomic mass is 10.1. The van der Waals surface area contributed by atoms with Crippen LogP contribution in [0.5, 0.6) is 0 Å². The summed E-state index contributed by atoms with van der Waals surface area (Å²) < 4.78 is 6.26. The van der Waals surface area contributed by atoms with E-state index in [0.29, 0.717) is 19.4 Å². The number of ether oxygens (including phenoxy) is 1. The predicted molar refractivity (Wildman–Crippen MR) is 66.4 cm³/mol. The molecule has 0 aliphatic carbocycles. The van der Waals surface area contributed by atoms with E-state index >= 15 is 0 Å². The zero-order valence-corrected chi connectivity index (χ0v) is 11.2. The first kappa shape index (κ1) is 13.3. The summed E-state index contributed by atoms with van der Waals surface area (Å²) in [6.07, 6.45) is 4.22. The van der Waals surface area contributed by atoms with Crippen LogP contribution in [0.4, 0.5) is 0 Å². The molecular formula is C12H16BrNO2. The quantitative estimate of drug-likeness (QED) is 0.807. The van der Waals surface area contributed by atoms with Crippen molar-refractivity contribution >= 4 is 21.7 Å². The average molecular weight is 286 g/mol. The van der Waals surface area contributed by atoms with Crippen LogP contribution >= 0.6 is 15.9 Å². The molecule has 1 atom stereocenters. The number of aromatic nitrogens is 1. The van der Waals surface area contributed by atoms with Crippen LogP contribution in [0.3, 0.4) is 0 Å². The van der Waals surface area contributed by atoms with Crippen LogP contribution in [0, 0.1) is 0 Å². The molecule has 0 radical (unpaired) electrons. The first-order valence-corrected chi connectivity index (χ1v) is 6.20. The molecule has 0 spiro atoms. The van der Waals surface area contributed by atoms with Gasteiger partial charge < -0.3 is 4.74 Å². The first-order valence-electron chi connectivity index (χ1n) is 5.41. The van der Waals surface area contributed by atoms with Gasteiger partial charge in [0.25, 0.3) is 0 Å². The minimum absolute atomic E-state index is 0.115. The summed E-state index contributed by atoms with van der Waals surface area (Å²) in [6, 6.07) is 1.91. The van der Waals surface area contributed by atoms with Crippen LogP contribution in [-0.4, -0.2) is 23.5 Å². The second-order valence-corrected chi connectivity index (χ2v) is 4.42. The van der Waals surface area contributed by atoms with Crippen LogP contribution < -0.4 is 0 Å². The van der Waals surface area contributed by atoms with Gasteiger partial charge in [-0.15, -0.1) is 0 Å². The molecule has 0 saturated carbocycles. The normalized spacial score (nSPS) is 12.4. The summed E-state index contributed by atoms with van der Waals surface area (Å²) >= 11 is 3.33. The van der Waals surface area contributed by atoms with Gasteiger partial charge in [-0.1, -0.05) is 6.92 Å². The minimum Gasteiger partial charge on any atom is -0.371 e. The van der Waals surface area contributed by atoms with Crippen molar-refractivity contribution in [1.29, 1.82) is 0 Å². The molecule has 88 valence electrons. The molecule has 1 rings (SSSR count). The average Bonchev–Trinajstić information content (AvgIpc) is 2.25. The fourth-order valence-corrected chi connectivity index (χ4v) is 1.92. The number of halogens is 1. The number of rotatable bonds is 6. The third kappa shape index (κ3) is 4.02. The molecule has 4 heteroatoms. The van der Waals surface area contributed by atoms with E-state index in [1.165, 1.54) is 0 Å². The Morgan fingerprint density at radius 1 is 1.50 bits per heavy atom. The lowest BCUT2D eigenvalue weighted by Crippen LogP contribution is -2.25. The summed E-state index contributed by atoms with van der Waals surface area (Å²) in [5, 5.41) is 0. The number of nitrogens with zero attached hydrogens (tertiary/aromatic N) is 1. The maximum atomic E-state index is 11.9. The monoisotopic (exact) mass is 285 g/mol. The molecule has 0 bridgehead atoms. The highest BCUT2D eigenvalue weighted by Gasteiger charge is 2.16. The highest BCUT2D eigenvalue weighted by atomic mass is 79.9. The van der Waals surface area contributed by atoms with Gasteiger partial charge in [0.05, 0.1) is 0 Å². The Hall–Kier alpha value is -0.740. The van der Waals surface area contributed by atoms with Gasteiger partial charge >= 0.3 is 0 Å². The van der Waals surface area contributed by atoms with Crippen molar-refractivity contribution in [2.75, 3.05) is 6.61 Å². The molecule has 1 heterocycles. The molecule has 16 heavy (non-hydrogen) atoms. The summed E-state index contributed by atoms with van der Waals surface area (Å²) in [5.41, 5.74) is 0.914. The van der Waals surface area contributed by atoms with E-state index in [4.69, 9.17) is 4.74 Å². The first-order chi connectivity index (χ1) is 7.67. The van der Waals surface area contributed by atoms with Crippen LogP contribution in [0.2, 0.25) is 0 Å². The van der Waals surface area contributed by atoms with Gasteiger partial charge in [-0.2, -0.15) is 0 Å². The molecule has 0 saturated heterocycles. The van der Waals surface area contributed by atoms with E-state index in [0.717, 1.165) is 10.0 Å². The number of Topliss-reactive ketones (excluding diaryl/α,β-unsaturated/α-hetero) is 1. The van der Waals surface area contributed by atoms with E-state index in [2.05, 4.69) is 20.9 Å². The fraction of sp³-hybridized carbons (Fsp3) is 0.500. The molecule has 1 aromatic rings. The van der Waals surface area contributed by atoms with Crippen molar-refractivity contribution in [1.82, 2.24) is 4.98 Å². The Morgan fingerprint density at radius 3 is 2.81 bits per heavy atom. The van der Waals surface area contributed by atoms with Crippen LogP contribution in [0.15, 0.2) is 22.9 Å². The number of ketones is 1. The highest BCUT2D eigenvalue weighted by molar-refractivity contribution is 9.10. The van der Waals surface area contributed by atoms with Crippen molar-refractivity contribution in [2.45, 2.75) is 32.8 Å². The standard InChI is InChI=1S/C12H16BrNO2/c1-3-12(16-4-2)11(15)6-9-5-10(13)8-14-7-9/h5,7-8,12H,3-4,6H2,1-2H3. The summed E-state index contributed by atoms with van der Waals surface area (Å²) in [5.74, 6) is 0.115. The Labute approximate surface area is 104 Å². The van der Waals surface area contributed by atoms with Gasteiger partial charge in [-0.25, -0.2) is 0 Å². The molecule has 0 aromatic carbocycles. The predicted octanol–water partition coefficient (Wildman–Crippen LogP) is 2.77. The second kappa shape index (κ2) is 6.76. The Morgan fingerprint density at radius 2 is 2.25 bits per heavy atom. The third-order valence-corrected chi connectivity index (χ3v) is 2.67. The SMILES string of the molecule is CCOC(CC)C(=O)Cc1cncc(Br)c1. The number of carbonyl (C=O) groups is 1. The Balaban J connectivity index is 2.62. The number of hydrogen-bond donors (Lipinski definition) is 0. The van der Waals surface area contributed by atoms with Crippen molar-refractivity contribution in [3.05, 3.63) is 28.5 Å². The summed E-state index contributed by atoms with van der Waals surface area (Å²) in [6.45, 7) is 4.43. The molecule has 1 aromatic heterocycles. The van der Waals surface area contributed by atoms with Gasteiger partial charge in [0.15, 0.2) is 5.78 Å². The lowest BCUT2D eigenvalue weighted by molar-refractivity contribution is -0.129. The maximum Gasteiger partial charge on any atom is 0.165 e. The van der Waals surface area contributed by atoms with Gasteiger partial charge in [-0.05, 0) is 40.9 Å². The van der Waals surface area contributed by atoms with Crippen LogP contribution in [0.1, 0.15) is 25.8 Å². The number of carbonyl (C=O) groups excluding carboxylic acids is 1. The largest absolute Gasteiger partial charge is 0.371 e. The number of hydrogen-bond acceptors (Lipinski definition) is 3. The zero-order chi connectivity index (χ0) is 12.0. The van der Waals surface area contributed by atoms with E-state index in [9.17, 15) is 4.79 Å². The van der Waals surface area contributed by atoms with Gasteiger partial charge in [0, 0.05) is 29.9 Å². The molecule has 0 aliphatic rings. The second-order valence-electron chi connectivity index (χ2n) is 3.51. The fourth-order valence-electron chi connectivity index (χ4n) is 1.51.